The fraction of sp³-hybridized carbons (Fsp3) is 0.588. The van der Waals surface area contributed by atoms with E-state index in [1.165, 1.54) is 11.1 Å². The fourth-order valence-electron chi connectivity index (χ4n) is 3.29. The van der Waals surface area contributed by atoms with Crippen LogP contribution in [0.5, 0.6) is 0 Å². The van der Waals surface area contributed by atoms with Crippen molar-refractivity contribution in [1.82, 2.24) is 10.2 Å². The van der Waals surface area contributed by atoms with Gasteiger partial charge in [-0.1, -0.05) is 36.8 Å². The maximum absolute atomic E-state index is 12.9. The lowest BCUT2D eigenvalue weighted by Gasteiger charge is -2.32. The monoisotopic (exact) mass is 304 g/mol. The predicted molar refractivity (Wildman–Crippen MR) is 88.3 cm³/mol. The number of aryl methyl sites for hydroxylation is 1. The van der Waals surface area contributed by atoms with Gasteiger partial charge in [0, 0.05) is 11.8 Å². The van der Waals surface area contributed by atoms with E-state index in [2.05, 4.69) is 54.6 Å². The normalized spacial score (nSPS) is 24.6. The maximum atomic E-state index is 12.9. The fourth-order valence-corrected chi connectivity index (χ4v) is 4.07. The first-order chi connectivity index (χ1) is 10.1. The Kier molecular flexibility index (Phi) is 4.02. The molecule has 0 bridgehead atoms. The van der Waals surface area contributed by atoms with Gasteiger partial charge in [-0.15, -0.1) is 0 Å². The number of rotatable bonds is 5. The first kappa shape index (κ1) is 14.9. The van der Waals surface area contributed by atoms with Gasteiger partial charge in [0.1, 0.15) is 11.7 Å². The third kappa shape index (κ3) is 2.59. The molecule has 1 aliphatic carbocycles. The summed E-state index contributed by atoms with van der Waals surface area (Å²) in [6, 6.07) is 8.84. The molecule has 1 amide bonds. The third-order valence-electron chi connectivity index (χ3n) is 4.67. The van der Waals surface area contributed by atoms with Gasteiger partial charge in [-0.25, -0.2) is 0 Å². The number of hydrogen-bond acceptors (Lipinski definition) is 3. The molecular formula is C17H24N2OS. The lowest BCUT2D eigenvalue weighted by molar-refractivity contribution is -0.132. The quantitative estimate of drug-likeness (QED) is 0.907. The third-order valence-corrected chi connectivity index (χ3v) is 5.38. The zero-order chi connectivity index (χ0) is 15.0. The van der Waals surface area contributed by atoms with E-state index in [4.69, 9.17) is 0 Å². The van der Waals surface area contributed by atoms with Crippen LogP contribution in [-0.2, 0) is 4.79 Å². The topological polar surface area (TPSA) is 32.3 Å². The predicted octanol–water partition coefficient (Wildman–Crippen LogP) is 3.10. The van der Waals surface area contributed by atoms with Crippen LogP contribution in [0.15, 0.2) is 24.3 Å². The Hall–Kier alpha value is -1.00. The van der Waals surface area contributed by atoms with Gasteiger partial charge in [-0.2, -0.15) is 11.8 Å². The zero-order valence-corrected chi connectivity index (χ0v) is 13.9. The Morgan fingerprint density at radius 2 is 2.24 bits per heavy atom. The molecule has 2 aliphatic rings. The summed E-state index contributed by atoms with van der Waals surface area (Å²) < 4.78 is 0. The number of carbonyl (C=O) groups excluding carboxylic acids is 1. The summed E-state index contributed by atoms with van der Waals surface area (Å²) >= 11 is 1.82. The molecule has 0 aromatic heterocycles. The van der Waals surface area contributed by atoms with E-state index < -0.39 is 0 Å². The van der Waals surface area contributed by atoms with E-state index in [1.54, 1.807) is 0 Å². The van der Waals surface area contributed by atoms with E-state index in [-0.39, 0.29) is 11.7 Å². The number of benzene rings is 1. The summed E-state index contributed by atoms with van der Waals surface area (Å²) in [4.78, 5) is 15.0. The molecule has 1 aromatic carbocycles. The van der Waals surface area contributed by atoms with Crippen LogP contribution < -0.4 is 5.32 Å². The van der Waals surface area contributed by atoms with Crippen molar-refractivity contribution in [3.05, 3.63) is 35.4 Å². The van der Waals surface area contributed by atoms with Crippen LogP contribution >= 0.6 is 11.8 Å². The second-order valence-electron chi connectivity index (χ2n) is 6.27. The summed E-state index contributed by atoms with van der Waals surface area (Å²) in [5.74, 6) is 1.32. The molecule has 1 spiro atoms. The summed E-state index contributed by atoms with van der Waals surface area (Å²) in [5.41, 5.74) is 2.21. The SMILES string of the molecule is CCC(CSC)N1C(=O)C2(CC2)NC1c1cccc(C)c1. The van der Waals surface area contributed by atoms with Crippen molar-refractivity contribution < 1.29 is 4.79 Å². The minimum atomic E-state index is -0.250. The van der Waals surface area contributed by atoms with Crippen LogP contribution in [0.2, 0.25) is 0 Å². The first-order valence-corrected chi connectivity index (χ1v) is 9.16. The molecule has 3 nitrogen and oxygen atoms in total. The van der Waals surface area contributed by atoms with Crippen molar-refractivity contribution in [2.75, 3.05) is 12.0 Å². The Balaban J connectivity index is 1.94. The van der Waals surface area contributed by atoms with Gasteiger partial charge in [0.2, 0.25) is 5.91 Å². The zero-order valence-electron chi connectivity index (χ0n) is 13.1. The van der Waals surface area contributed by atoms with Crippen LogP contribution in [0.1, 0.15) is 43.5 Å². The second-order valence-corrected chi connectivity index (χ2v) is 7.18. The lowest BCUT2D eigenvalue weighted by atomic mass is 10.1. The molecule has 114 valence electrons. The molecule has 2 unspecified atom stereocenters. The largest absolute Gasteiger partial charge is 0.317 e. The molecular weight excluding hydrogens is 280 g/mol. The highest BCUT2D eigenvalue weighted by Gasteiger charge is 2.60. The van der Waals surface area contributed by atoms with E-state index >= 15 is 0 Å². The van der Waals surface area contributed by atoms with E-state index in [9.17, 15) is 4.79 Å². The molecule has 1 N–H and O–H groups in total. The molecule has 1 aliphatic heterocycles. The number of hydrogen-bond donors (Lipinski definition) is 1. The van der Waals surface area contributed by atoms with Gasteiger partial charge in [0.05, 0.1) is 0 Å². The van der Waals surface area contributed by atoms with Gasteiger partial charge in [0.25, 0.3) is 0 Å². The van der Waals surface area contributed by atoms with Gasteiger partial charge in [-0.05, 0) is 38.0 Å². The summed E-state index contributed by atoms with van der Waals surface area (Å²) in [6.07, 6.45) is 5.13. The molecule has 1 aromatic rings. The highest BCUT2D eigenvalue weighted by molar-refractivity contribution is 7.98. The van der Waals surface area contributed by atoms with Crippen molar-refractivity contribution in [1.29, 1.82) is 0 Å². The minimum absolute atomic E-state index is 0.0389. The summed E-state index contributed by atoms with van der Waals surface area (Å²) in [6.45, 7) is 4.29. The number of nitrogens with one attached hydrogen (secondary N) is 1. The molecule has 1 saturated carbocycles. The summed E-state index contributed by atoms with van der Waals surface area (Å²) in [7, 11) is 0. The molecule has 21 heavy (non-hydrogen) atoms. The maximum Gasteiger partial charge on any atom is 0.244 e. The molecule has 4 heteroatoms. The van der Waals surface area contributed by atoms with Crippen molar-refractivity contribution in [2.24, 2.45) is 0 Å². The van der Waals surface area contributed by atoms with Gasteiger partial charge in [0.15, 0.2) is 0 Å². The van der Waals surface area contributed by atoms with E-state index in [0.717, 1.165) is 25.0 Å². The van der Waals surface area contributed by atoms with Gasteiger partial charge in [-0.3, -0.25) is 10.1 Å². The molecule has 3 rings (SSSR count). The molecule has 1 heterocycles. The lowest BCUT2D eigenvalue weighted by Crippen LogP contribution is -2.41. The van der Waals surface area contributed by atoms with Crippen molar-refractivity contribution in [2.45, 2.75) is 50.9 Å². The minimum Gasteiger partial charge on any atom is -0.317 e. The average Bonchev–Trinajstić information content (AvgIpc) is 3.20. The second kappa shape index (κ2) is 5.65. The number of nitrogens with zero attached hydrogens (tertiary/aromatic N) is 1. The Bertz CT molecular complexity index is 541. The van der Waals surface area contributed by atoms with Crippen LogP contribution in [0.4, 0.5) is 0 Å². The van der Waals surface area contributed by atoms with Crippen molar-refractivity contribution in [3.63, 3.8) is 0 Å². The highest BCUT2D eigenvalue weighted by atomic mass is 32.2. The van der Waals surface area contributed by atoms with Gasteiger partial charge >= 0.3 is 0 Å². The van der Waals surface area contributed by atoms with Crippen molar-refractivity contribution >= 4 is 17.7 Å². The van der Waals surface area contributed by atoms with Crippen LogP contribution in [-0.4, -0.2) is 34.4 Å². The average molecular weight is 304 g/mol. The van der Waals surface area contributed by atoms with Crippen LogP contribution in [0, 0.1) is 6.92 Å². The standard InChI is InChI=1S/C17H24N2OS/c1-4-14(11-21-3)19-15(13-7-5-6-12(2)10-13)18-17(8-9-17)16(19)20/h5-7,10,14-15,18H,4,8-9,11H2,1-3H3. The first-order valence-electron chi connectivity index (χ1n) is 7.77. The van der Waals surface area contributed by atoms with Gasteiger partial charge < -0.3 is 4.90 Å². The number of carbonyl (C=O) groups is 1. The van der Waals surface area contributed by atoms with E-state index in [0.29, 0.717) is 11.9 Å². The van der Waals surface area contributed by atoms with Crippen molar-refractivity contribution in [3.8, 4) is 0 Å². The molecule has 2 fully saturated rings. The number of thioether (sulfide) groups is 1. The van der Waals surface area contributed by atoms with E-state index in [1.807, 2.05) is 11.8 Å². The molecule has 1 saturated heterocycles. The smallest absolute Gasteiger partial charge is 0.244 e. The highest BCUT2D eigenvalue weighted by Crippen LogP contribution is 2.47. The Morgan fingerprint density at radius 3 is 2.81 bits per heavy atom. The Morgan fingerprint density at radius 1 is 1.48 bits per heavy atom. The Labute approximate surface area is 131 Å². The summed E-state index contributed by atoms with van der Waals surface area (Å²) in [5, 5.41) is 3.63. The van der Waals surface area contributed by atoms with Crippen LogP contribution in [0.25, 0.3) is 0 Å². The molecule has 2 atom stereocenters. The van der Waals surface area contributed by atoms with Crippen LogP contribution in [0.3, 0.4) is 0 Å². The molecule has 0 radical (unpaired) electrons. The number of amides is 1.